The number of H-pyrrole nitrogens is 1. The predicted octanol–water partition coefficient (Wildman–Crippen LogP) is 4.99. The van der Waals surface area contributed by atoms with Crippen molar-refractivity contribution < 1.29 is 9.47 Å². The van der Waals surface area contributed by atoms with E-state index in [0.29, 0.717) is 40.3 Å². The molecule has 2 heterocycles. The van der Waals surface area contributed by atoms with Crippen LogP contribution < -0.4 is 14.9 Å². The minimum Gasteiger partial charge on any atom is -0.493 e. The lowest BCUT2D eigenvalue weighted by Crippen LogP contribution is -2.16. The zero-order valence-electron chi connectivity index (χ0n) is 16.7. The summed E-state index contributed by atoms with van der Waals surface area (Å²) in [4.78, 5) is 4.04. The molecular formula is C22H20ClN5O2S. The number of benzene rings is 2. The molecule has 158 valence electrons. The average molecular weight is 454 g/mol. The van der Waals surface area contributed by atoms with E-state index in [1.165, 1.54) is 0 Å². The van der Waals surface area contributed by atoms with Crippen LogP contribution in [0.3, 0.4) is 0 Å². The van der Waals surface area contributed by atoms with Crippen molar-refractivity contribution in [3.63, 3.8) is 0 Å². The molecule has 7 nitrogen and oxygen atoms in total. The molecule has 2 N–H and O–H groups in total. The monoisotopic (exact) mass is 453 g/mol. The van der Waals surface area contributed by atoms with Gasteiger partial charge in [-0.2, -0.15) is 5.10 Å². The van der Waals surface area contributed by atoms with Crippen LogP contribution in [-0.4, -0.2) is 27.0 Å². The summed E-state index contributed by atoms with van der Waals surface area (Å²) in [5.41, 5.74) is 6.10. The van der Waals surface area contributed by atoms with E-state index in [0.717, 1.165) is 16.7 Å². The number of aromatic amines is 1. The van der Waals surface area contributed by atoms with Crippen LogP contribution in [0.1, 0.15) is 11.1 Å². The highest BCUT2D eigenvalue weighted by Crippen LogP contribution is 2.29. The molecule has 0 radical (unpaired) electrons. The molecule has 9 heteroatoms. The molecule has 0 aliphatic carbocycles. The van der Waals surface area contributed by atoms with Crippen molar-refractivity contribution in [1.82, 2.24) is 19.9 Å². The van der Waals surface area contributed by atoms with Gasteiger partial charge in [0.05, 0.1) is 13.7 Å². The van der Waals surface area contributed by atoms with Crippen LogP contribution in [0.2, 0.25) is 5.02 Å². The average Bonchev–Trinajstić information content (AvgIpc) is 3.18. The zero-order chi connectivity index (χ0) is 21.6. The molecule has 0 aliphatic rings. The Bertz CT molecular complexity index is 1230. The number of aromatic nitrogens is 4. The summed E-state index contributed by atoms with van der Waals surface area (Å²) in [5.74, 6) is 1.96. The standard InChI is InChI=1S/C22H20ClN5O2S/c1-29-20-12-15(6-7-19(20)30-14-17-4-2-3-5-18(17)23)13-25-28-21(26-27-22(28)31)16-8-10-24-11-9-16/h2-12,25H,13-14H2,1H3,(H,27,31). The minimum absolute atomic E-state index is 0.354. The molecule has 0 bridgehead atoms. The lowest BCUT2D eigenvalue weighted by atomic mass is 10.2. The first-order chi connectivity index (χ1) is 15.2. The van der Waals surface area contributed by atoms with Crippen molar-refractivity contribution in [3.05, 3.63) is 87.9 Å². The second-order valence-corrected chi connectivity index (χ2v) is 7.42. The molecule has 0 saturated heterocycles. The van der Waals surface area contributed by atoms with Gasteiger partial charge >= 0.3 is 0 Å². The molecule has 0 atom stereocenters. The van der Waals surface area contributed by atoms with E-state index in [4.69, 9.17) is 33.3 Å². The van der Waals surface area contributed by atoms with E-state index >= 15 is 0 Å². The number of methoxy groups -OCH3 is 1. The van der Waals surface area contributed by atoms with Crippen LogP contribution in [-0.2, 0) is 13.2 Å². The molecule has 2 aromatic heterocycles. The number of halogens is 1. The minimum atomic E-state index is 0.354. The van der Waals surface area contributed by atoms with Gasteiger partial charge in [-0.25, -0.2) is 9.77 Å². The summed E-state index contributed by atoms with van der Waals surface area (Å²) in [7, 11) is 1.61. The third-order valence-corrected chi connectivity index (χ3v) is 5.26. The topological polar surface area (TPSA) is 77.0 Å². The summed E-state index contributed by atoms with van der Waals surface area (Å²) in [6.45, 7) is 0.861. The van der Waals surface area contributed by atoms with Crippen LogP contribution in [0.15, 0.2) is 67.0 Å². The number of ether oxygens (including phenoxy) is 2. The third kappa shape index (κ3) is 4.87. The largest absolute Gasteiger partial charge is 0.493 e. The molecule has 0 fully saturated rings. The van der Waals surface area contributed by atoms with Crippen LogP contribution in [0.4, 0.5) is 0 Å². The van der Waals surface area contributed by atoms with Crippen molar-refractivity contribution in [3.8, 4) is 22.9 Å². The predicted molar refractivity (Wildman–Crippen MR) is 122 cm³/mol. The van der Waals surface area contributed by atoms with Crippen molar-refractivity contribution in [2.24, 2.45) is 0 Å². The van der Waals surface area contributed by atoms with E-state index in [9.17, 15) is 0 Å². The summed E-state index contributed by atoms with van der Waals surface area (Å²) < 4.78 is 13.6. The van der Waals surface area contributed by atoms with Gasteiger partial charge < -0.3 is 14.9 Å². The Kier molecular flexibility index (Phi) is 6.49. The van der Waals surface area contributed by atoms with Gasteiger partial charge in [0, 0.05) is 28.5 Å². The second-order valence-electron chi connectivity index (χ2n) is 6.62. The summed E-state index contributed by atoms with van der Waals surface area (Å²) in [6.07, 6.45) is 3.42. The third-order valence-electron chi connectivity index (χ3n) is 4.62. The van der Waals surface area contributed by atoms with Crippen molar-refractivity contribution in [2.45, 2.75) is 13.2 Å². The fourth-order valence-electron chi connectivity index (χ4n) is 3.02. The molecule has 0 saturated carbocycles. The fourth-order valence-corrected chi connectivity index (χ4v) is 3.41. The number of nitrogens with zero attached hydrogens (tertiary/aromatic N) is 3. The molecular weight excluding hydrogens is 434 g/mol. The van der Waals surface area contributed by atoms with Gasteiger partial charge in [0.1, 0.15) is 6.61 Å². The molecule has 0 amide bonds. The molecule has 0 spiro atoms. The first-order valence-electron chi connectivity index (χ1n) is 9.50. The summed E-state index contributed by atoms with van der Waals surface area (Å²) in [6, 6.07) is 17.1. The first kappa shape index (κ1) is 20.9. The Balaban J connectivity index is 1.48. The molecule has 31 heavy (non-hydrogen) atoms. The number of rotatable bonds is 8. The van der Waals surface area contributed by atoms with Gasteiger partial charge in [-0.05, 0) is 48.1 Å². The maximum absolute atomic E-state index is 6.21. The highest BCUT2D eigenvalue weighted by molar-refractivity contribution is 7.71. The maximum atomic E-state index is 6.21. The van der Waals surface area contributed by atoms with Crippen molar-refractivity contribution in [2.75, 3.05) is 12.5 Å². The lowest BCUT2D eigenvalue weighted by molar-refractivity contribution is 0.284. The first-order valence-corrected chi connectivity index (χ1v) is 10.3. The molecule has 4 aromatic rings. The Morgan fingerprint density at radius 2 is 1.90 bits per heavy atom. The molecule has 4 rings (SSSR count). The Morgan fingerprint density at radius 1 is 1.10 bits per heavy atom. The number of pyridine rings is 1. The van der Waals surface area contributed by atoms with Crippen molar-refractivity contribution >= 4 is 23.8 Å². The second kappa shape index (κ2) is 9.63. The van der Waals surface area contributed by atoms with Crippen LogP contribution in [0.25, 0.3) is 11.4 Å². The van der Waals surface area contributed by atoms with Gasteiger partial charge in [-0.3, -0.25) is 4.98 Å². The van der Waals surface area contributed by atoms with Gasteiger partial charge in [0.15, 0.2) is 17.3 Å². The summed E-state index contributed by atoms with van der Waals surface area (Å²) in [5, 5.41) is 7.79. The van der Waals surface area contributed by atoms with E-state index < -0.39 is 0 Å². The smallest absolute Gasteiger partial charge is 0.214 e. The van der Waals surface area contributed by atoms with E-state index in [2.05, 4.69) is 20.6 Å². The lowest BCUT2D eigenvalue weighted by Gasteiger charge is -2.14. The van der Waals surface area contributed by atoms with Crippen LogP contribution in [0.5, 0.6) is 11.5 Å². The number of hydrogen-bond acceptors (Lipinski definition) is 6. The SMILES string of the molecule is COc1cc(CNn2c(-c3ccncc3)n[nH]c2=S)ccc1OCc1ccccc1Cl. The quantitative estimate of drug-likeness (QED) is 0.366. The van der Waals surface area contributed by atoms with E-state index in [-0.39, 0.29) is 0 Å². The number of hydrogen-bond donors (Lipinski definition) is 2. The van der Waals surface area contributed by atoms with E-state index in [1.54, 1.807) is 24.2 Å². The molecule has 0 aliphatic heterocycles. The zero-order valence-corrected chi connectivity index (χ0v) is 18.3. The Morgan fingerprint density at radius 3 is 2.68 bits per heavy atom. The fraction of sp³-hybridized carbons (Fsp3) is 0.136. The van der Waals surface area contributed by atoms with Gasteiger partial charge in [0.25, 0.3) is 0 Å². The highest BCUT2D eigenvalue weighted by Gasteiger charge is 2.11. The summed E-state index contributed by atoms with van der Waals surface area (Å²) >= 11 is 11.6. The van der Waals surface area contributed by atoms with E-state index in [1.807, 2.05) is 54.6 Å². The van der Waals surface area contributed by atoms with Gasteiger partial charge in [-0.1, -0.05) is 35.9 Å². The van der Waals surface area contributed by atoms with Gasteiger partial charge in [-0.15, -0.1) is 0 Å². The Labute approximate surface area is 189 Å². The Hall–Kier alpha value is -3.36. The van der Waals surface area contributed by atoms with Crippen LogP contribution in [0, 0.1) is 4.77 Å². The van der Waals surface area contributed by atoms with Crippen molar-refractivity contribution in [1.29, 1.82) is 0 Å². The van der Waals surface area contributed by atoms with Gasteiger partial charge in [0.2, 0.25) is 4.77 Å². The normalized spacial score (nSPS) is 10.6. The van der Waals surface area contributed by atoms with Crippen LogP contribution >= 0.6 is 23.8 Å². The maximum Gasteiger partial charge on any atom is 0.214 e. The molecule has 0 unspecified atom stereocenters. The highest BCUT2D eigenvalue weighted by atomic mass is 35.5. The molecule has 2 aromatic carbocycles. The number of nitrogens with one attached hydrogen (secondary N) is 2.